The minimum Gasteiger partial charge on any atom is -0.350 e. The smallest absolute Gasteiger partial charge is 0.252 e. The number of benzene rings is 1. The van der Waals surface area contributed by atoms with Gasteiger partial charge in [0.2, 0.25) is 5.91 Å². The Balaban J connectivity index is 0.00000312. The van der Waals surface area contributed by atoms with Gasteiger partial charge in [-0.2, -0.15) is 0 Å². The maximum atomic E-state index is 12.7. The van der Waals surface area contributed by atoms with Gasteiger partial charge in [-0.25, -0.2) is 0 Å². The molecule has 1 aromatic carbocycles. The molecule has 0 spiro atoms. The van der Waals surface area contributed by atoms with E-state index in [1.165, 1.54) is 0 Å². The zero-order chi connectivity index (χ0) is 17.7. The first kappa shape index (κ1) is 21.5. The predicted octanol–water partition coefficient (Wildman–Crippen LogP) is 2.41. The summed E-state index contributed by atoms with van der Waals surface area (Å²) in [5.41, 5.74) is 7.28. The van der Waals surface area contributed by atoms with E-state index in [0.717, 1.165) is 18.4 Å². The van der Waals surface area contributed by atoms with Crippen molar-refractivity contribution in [3.05, 3.63) is 35.4 Å². The Bertz CT molecular complexity index is 588. The molecule has 6 heteroatoms. The number of carbonyl (C=O) groups excluding carboxylic acids is 2. The Labute approximate surface area is 156 Å². The lowest BCUT2D eigenvalue weighted by atomic mass is 10.0. The zero-order valence-electron chi connectivity index (χ0n) is 15.2. The molecular weight excluding hydrogens is 338 g/mol. The van der Waals surface area contributed by atoms with Crippen LogP contribution in [0, 0.1) is 18.8 Å². The van der Waals surface area contributed by atoms with Crippen LogP contribution in [0.15, 0.2) is 24.3 Å². The molecule has 1 aliphatic rings. The number of carbonyl (C=O) groups is 2. The maximum absolute atomic E-state index is 12.7. The number of rotatable bonds is 8. The molecule has 1 aromatic rings. The molecule has 0 aromatic heterocycles. The van der Waals surface area contributed by atoms with Crippen molar-refractivity contribution in [3.8, 4) is 0 Å². The first-order chi connectivity index (χ1) is 11.4. The molecule has 0 bridgehead atoms. The van der Waals surface area contributed by atoms with Crippen LogP contribution in [0.4, 0.5) is 0 Å². The van der Waals surface area contributed by atoms with E-state index >= 15 is 0 Å². The van der Waals surface area contributed by atoms with Gasteiger partial charge in [0.15, 0.2) is 0 Å². The lowest BCUT2D eigenvalue weighted by molar-refractivity contribution is -0.124. The summed E-state index contributed by atoms with van der Waals surface area (Å²) < 4.78 is 0. The second kappa shape index (κ2) is 9.78. The van der Waals surface area contributed by atoms with Crippen molar-refractivity contribution >= 4 is 24.2 Å². The van der Waals surface area contributed by atoms with E-state index in [-0.39, 0.29) is 30.3 Å². The highest BCUT2D eigenvalue weighted by Crippen LogP contribution is 2.32. The molecule has 2 rings (SSSR count). The molecule has 2 unspecified atom stereocenters. The first-order valence-electron chi connectivity index (χ1n) is 8.79. The Hall–Kier alpha value is -1.59. The van der Waals surface area contributed by atoms with Crippen molar-refractivity contribution < 1.29 is 9.59 Å². The molecular formula is C19H30ClN3O2. The number of nitrogens with one attached hydrogen (secondary N) is 2. The summed E-state index contributed by atoms with van der Waals surface area (Å²) in [6, 6.07) is 6.88. The number of aryl methyl sites for hydroxylation is 1. The molecule has 0 aliphatic heterocycles. The Morgan fingerprint density at radius 2 is 1.84 bits per heavy atom. The van der Waals surface area contributed by atoms with Gasteiger partial charge in [0, 0.05) is 18.2 Å². The molecule has 2 amide bonds. The summed E-state index contributed by atoms with van der Waals surface area (Å²) in [4.78, 5) is 25.2. The molecule has 4 N–H and O–H groups in total. The van der Waals surface area contributed by atoms with Crippen molar-refractivity contribution in [2.24, 2.45) is 17.6 Å². The molecule has 1 saturated carbocycles. The third kappa shape index (κ3) is 6.33. The third-order valence-electron chi connectivity index (χ3n) is 4.49. The van der Waals surface area contributed by atoms with Crippen LogP contribution in [0.25, 0.3) is 0 Å². The fourth-order valence-electron chi connectivity index (χ4n) is 2.92. The molecule has 0 radical (unpaired) electrons. The van der Waals surface area contributed by atoms with Gasteiger partial charge in [0.05, 0.1) is 0 Å². The highest BCUT2D eigenvalue weighted by molar-refractivity contribution is 5.98. The van der Waals surface area contributed by atoms with Gasteiger partial charge in [0.1, 0.15) is 6.04 Å². The molecule has 25 heavy (non-hydrogen) atoms. The monoisotopic (exact) mass is 367 g/mol. The van der Waals surface area contributed by atoms with Crippen LogP contribution in [0.3, 0.4) is 0 Å². The minimum atomic E-state index is -0.537. The van der Waals surface area contributed by atoms with E-state index in [1.807, 2.05) is 39.0 Å². The number of amides is 2. The van der Waals surface area contributed by atoms with E-state index in [2.05, 4.69) is 10.6 Å². The van der Waals surface area contributed by atoms with E-state index < -0.39 is 6.04 Å². The lowest BCUT2D eigenvalue weighted by Gasteiger charge is -2.24. The Morgan fingerprint density at radius 3 is 2.36 bits per heavy atom. The summed E-state index contributed by atoms with van der Waals surface area (Å²) in [6.45, 7) is 6.42. The molecule has 5 nitrogen and oxygen atoms in total. The lowest BCUT2D eigenvalue weighted by Crippen LogP contribution is -2.52. The van der Waals surface area contributed by atoms with Gasteiger partial charge in [0.25, 0.3) is 5.91 Å². The predicted molar refractivity (Wildman–Crippen MR) is 103 cm³/mol. The van der Waals surface area contributed by atoms with Gasteiger partial charge in [-0.15, -0.1) is 12.4 Å². The summed E-state index contributed by atoms with van der Waals surface area (Å²) in [6.07, 6.45) is 2.84. The maximum Gasteiger partial charge on any atom is 0.252 e. The van der Waals surface area contributed by atoms with Gasteiger partial charge in [-0.05, 0) is 49.7 Å². The largest absolute Gasteiger partial charge is 0.350 e. The van der Waals surface area contributed by atoms with Crippen molar-refractivity contribution in [2.45, 2.75) is 52.1 Å². The van der Waals surface area contributed by atoms with Crippen molar-refractivity contribution in [1.29, 1.82) is 0 Å². The third-order valence-corrected chi connectivity index (χ3v) is 4.49. The Kier molecular flexibility index (Phi) is 8.39. The van der Waals surface area contributed by atoms with Crippen molar-refractivity contribution in [3.63, 3.8) is 0 Å². The highest BCUT2D eigenvalue weighted by Gasteiger charge is 2.33. The summed E-state index contributed by atoms with van der Waals surface area (Å²) in [5.74, 6) is 0.457. The van der Waals surface area contributed by atoms with E-state index in [9.17, 15) is 9.59 Å². The normalized spacial score (nSPS) is 15.9. The average molecular weight is 368 g/mol. The highest BCUT2D eigenvalue weighted by atomic mass is 35.5. The summed E-state index contributed by atoms with van der Waals surface area (Å²) >= 11 is 0. The van der Waals surface area contributed by atoms with Crippen molar-refractivity contribution in [1.82, 2.24) is 10.6 Å². The molecule has 0 heterocycles. The standard InChI is InChI=1S/C19H29N3O2.ClH/c1-12(2)10-16(19(24)22-17(11-20)14-8-9-14)21-18(23)15-7-5-4-6-13(15)3;/h4-7,12,14,16-17H,8-11,20H2,1-3H3,(H,21,23)(H,22,24);1H. The second-order valence-electron chi connectivity index (χ2n) is 7.16. The molecule has 0 saturated heterocycles. The number of nitrogens with two attached hydrogens (primary N) is 1. The van der Waals surface area contributed by atoms with Crippen LogP contribution in [-0.2, 0) is 4.79 Å². The van der Waals surface area contributed by atoms with Gasteiger partial charge >= 0.3 is 0 Å². The fourth-order valence-corrected chi connectivity index (χ4v) is 2.92. The zero-order valence-corrected chi connectivity index (χ0v) is 16.1. The van der Waals surface area contributed by atoms with Gasteiger partial charge < -0.3 is 16.4 Å². The molecule has 2 atom stereocenters. The van der Waals surface area contributed by atoms with E-state index in [4.69, 9.17) is 5.73 Å². The van der Waals surface area contributed by atoms with E-state index in [1.54, 1.807) is 6.07 Å². The van der Waals surface area contributed by atoms with Crippen LogP contribution >= 0.6 is 12.4 Å². The van der Waals surface area contributed by atoms with Gasteiger partial charge in [-0.1, -0.05) is 32.0 Å². The first-order valence-corrected chi connectivity index (χ1v) is 8.79. The quantitative estimate of drug-likeness (QED) is 0.659. The molecule has 140 valence electrons. The SMILES string of the molecule is Cc1ccccc1C(=O)NC(CC(C)C)C(=O)NC(CN)C1CC1.Cl. The number of hydrogen-bond donors (Lipinski definition) is 3. The van der Waals surface area contributed by atoms with Crippen LogP contribution in [-0.4, -0.2) is 30.4 Å². The summed E-state index contributed by atoms with van der Waals surface area (Å²) in [7, 11) is 0. The molecule has 1 fully saturated rings. The summed E-state index contributed by atoms with van der Waals surface area (Å²) in [5, 5.41) is 5.93. The average Bonchev–Trinajstić information content (AvgIpc) is 3.36. The number of halogens is 1. The van der Waals surface area contributed by atoms with Crippen LogP contribution in [0.2, 0.25) is 0 Å². The van der Waals surface area contributed by atoms with Crippen molar-refractivity contribution in [2.75, 3.05) is 6.54 Å². The fraction of sp³-hybridized carbons (Fsp3) is 0.579. The minimum absolute atomic E-state index is 0. The number of hydrogen-bond acceptors (Lipinski definition) is 3. The van der Waals surface area contributed by atoms with Crippen LogP contribution in [0.1, 0.15) is 49.0 Å². The van der Waals surface area contributed by atoms with Gasteiger partial charge in [-0.3, -0.25) is 9.59 Å². The van der Waals surface area contributed by atoms with E-state index in [0.29, 0.717) is 30.4 Å². The Morgan fingerprint density at radius 1 is 1.20 bits per heavy atom. The van der Waals surface area contributed by atoms with Crippen LogP contribution in [0.5, 0.6) is 0 Å². The topological polar surface area (TPSA) is 84.2 Å². The second-order valence-corrected chi connectivity index (χ2v) is 7.16. The molecule has 1 aliphatic carbocycles. The van der Waals surface area contributed by atoms with Crippen LogP contribution < -0.4 is 16.4 Å².